The van der Waals surface area contributed by atoms with Crippen LogP contribution in [0.1, 0.15) is 24.1 Å². The summed E-state index contributed by atoms with van der Waals surface area (Å²) in [6, 6.07) is 0. The molecule has 1 rings (SSSR count). The van der Waals surface area contributed by atoms with E-state index in [0.29, 0.717) is 25.2 Å². The maximum atomic E-state index is 11.3. The van der Waals surface area contributed by atoms with Crippen LogP contribution in [0.4, 0.5) is 5.82 Å². The SMILES string of the molecule is Cc1[nH]nc(NC(=O)CCCN)c1C. The number of aromatic amines is 1. The van der Waals surface area contributed by atoms with Gasteiger partial charge in [-0.3, -0.25) is 9.89 Å². The van der Waals surface area contributed by atoms with Crippen LogP contribution in [0.15, 0.2) is 0 Å². The molecular weight excluding hydrogens is 180 g/mol. The van der Waals surface area contributed by atoms with E-state index < -0.39 is 0 Å². The fourth-order valence-electron chi connectivity index (χ4n) is 1.06. The average molecular weight is 196 g/mol. The number of nitrogens with one attached hydrogen (secondary N) is 2. The zero-order chi connectivity index (χ0) is 10.6. The second-order valence-corrected chi connectivity index (χ2v) is 3.26. The molecule has 5 heteroatoms. The summed E-state index contributed by atoms with van der Waals surface area (Å²) in [5, 5.41) is 9.51. The minimum absolute atomic E-state index is 0.0370. The third-order valence-corrected chi connectivity index (χ3v) is 2.12. The highest BCUT2D eigenvalue weighted by atomic mass is 16.1. The van der Waals surface area contributed by atoms with Crippen molar-refractivity contribution in [3.63, 3.8) is 0 Å². The van der Waals surface area contributed by atoms with Gasteiger partial charge in [0.1, 0.15) is 0 Å². The molecule has 5 nitrogen and oxygen atoms in total. The lowest BCUT2D eigenvalue weighted by Crippen LogP contribution is -2.14. The molecule has 1 amide bonds. The first-order valence-electron chi connectivity index (χ1n) is 4.66. The van der Waals surface area contributed by atoms with Gasteiger partial charge in [0.25, 0.3) is 0 Å². The first-order chi connectivity index (χ1) is 6.65. The minimum Gasteiger partial charge on any atom is -0.330 e. The minimum atomic E-state index is -0.0370. The molecule has 0 aliphatic rings. The number of rotatable bonds is 4. The van der Waals surface area contributed by atoms with Crippen molar-refractivity contribution in [1.29, 1.82) is 0 Å². The van der Waals surface area contributed by atoms with E-state index >= 15 is 0 Å². The second-order valence-electron chi connectivity index (χ2n) is 3.26. The van der Waals surface area contributed by atoms with E-state index in [0.717, 1.165) is 11.3 Å². The van der Waals surface area contributed by atoms with Crippen molar-refractivity contribution in [2.45, 2.75) is 26.7 Å². The highest BCUT2D eigenvalue weighted by molar-refractivity contribution is 5.90. The lowest BCUT2D eigenvalue weighted by molar-refractivity contribution is -0.116. The molecule has 0 saturated carbocycles. The number of hydrogen-bond acceptors (Lipinski definition) is 3. The molecule has 4 N–H and O–H groups in total. The molecule has 0 aromatic carbocycles. The molecule has 0 aliphatic carbocycles. The van der Waals surface area contributed by atoms with Gasteiger partial charge in [-0.05, 0) is 26.8 Å². The lowest BCUT2D eigenvalue weighted by atomic mass is 10.2. The Morgan fingerprint density at radius 3 is 2.79 bits per heavy atom. The summed E-state index contributed by atoms with van der Waals surface area (Å²) in [4.78, 5) is 11.3. The molecule has 0 aliphatic heterocycles. The molecule has 78 valence electrons. The average Bonchev–Trinajstić information content (AvgIpc) is 2.46. The molecule has 1 aromatic rings. The third kappa shape index (κ3) is 2.56. The van der Waals surface area contributed by atoms with Crippen LogP contribution in [0, 0.1) is 13.8 Å². The van der Waals surface area contributed by atoms with E-state index in [1.165, 1.54) is 0 Å². The fourth-order valence-corrected chi connectivity index (χ4v) is 1.06. The highest BCUT2D eigenvalue weighted by Crippen LogP contribution is 2.13. The third-order valence-electron chi connectivity index (χ3n) is 2.12. The van der Waals surface area contributed by atoms with Crippen molar-refractivity contribution in [3.05, 3.63) is 11.3 Å². The van der Waals surface area contributed by atoms with E-state index in [2.05, 4.69) is 15.5 Å². The normalized spacial score (nSPS) is 10.2. The van der Waals surface area contributed by atoms with Crippen LogP contribution in [0.5, 0.6) is 0 Å². The Morgan fingerprint density at radius 1 is 1.57 bits per heavy atom. The van der Waals surface area contributed by atoms with E-state index in [1.807, 2.05) is 13.8 Å². The molecule has 1 heterocycles. The topological polar surface area (TPSA) is 83.8 Å². The first-order valence-corrected chi connectivity index (χ1v) is 4.66. The molecular formula is C9H16N4O. The number of carbonyl (C=O) groups is 1. The number of nitrogens with zero attached hydrogens (tertiary/aromatic N) is 1. The molecule has 14 heavy (non-hydrogen) atoms. The quantitative estimate of drug-likeness (QED) is 0.663. The van der Waals surface area contributed by atoms with Crippen LogP contribution in [-0.4, -0.2) is 22.6 Å². The number of aryl methyl sites for hydroxylation is 1. The summed E-state index contributed by atoms with van der Waals surface area (Å²) < 4.78 is 0. The van der Waals surface area contributed by atoms with Gasteiger partial charge in [0.15, 0.2) is 5.82 Å². The maximum absolute atomic E-state index is 11.3. The summed E-state index contributed by atoms with van der Waals surface area (Å²) in [6.07, 6.45) is 1.15. The van der Waals surface area contributed by atoms with Crippen LogP contribution in [0.25, 0.3) is 0 Å². The number of amides is 1. The number of aromatic nitrogens is 2. The zero-order valence-electron chi connectivity index (χ0n) is 8.55. The van der Waals surface area contributed by atoms with Crippen molar-refractivity contribution in [2.75, 3.05) is 11.9 Å². The molecule has 0 spiro atoms. The summed E-state index contributed by atoms with van der Waals surface area (Å²) >= 11 is 0. The van der Waals surface area contributed by atoms with Gasteiger partial charge in [0.2, 0.25) is 5.91 Å². The predicted molar refractivity (Wildman–Crippen MR) is 55.0 cm³/mol. The Bertz CT molecular complexity index is 319. The first kappa shape index (κ1) is 10.7. The van der Waals surface area contributed by atoms with Gasteiger partial charge in [0.05, 0.1) is 0 Å². The number of H-pyrrole nitrogens is 1. The van der Waals surface area contributed by atoms with Crippen molar-refractivity contribution < 1.29 is 4.79 Å². The van der Waals surface area contributed by atoms with E-state index in [-0.39, 0.29) is 5.91 Å². The number of carbonyl (C=O) groups excluding carboxylic acids is 1. The molecule has 0 fully saturated rings. The van der Waals surface area contributed by atoms with E-state index in [1.54, 1.807) is 0 Å². The Balaban J connectivity index is 2.52. The van der Waals surface area contributed by atoms with Gasteiger partial charge in [0, 0.05) is 17.7 Å². The van der Waals surface area contributed by atoms with Gasteiger partial charge in [-0.1, -0.05) is 0 Å². The van der Waals surface area contributed by atoms with Crippen LogP contribution in [0.2, 0.25) is 0 Å². The molecule has 0 unspecified atom stereocenters. The number of hydrogen-bond donors (Lipinski definition) is 3. The van der Waals surface area contributed by atoms with Gasteiger partial charge in [-0.15, -0.1) is 0 Å². The van der Waals surface area contributed by atoms with E-state index in [4.69, 9.17) is 5.73 Å². The molecule has 0 atom stereocenters. The highest BCUT2D eigenvalue weighted by Gasteiger charge is 2.08. The van der Waals surface area contributed by atoms with Crippen molar-refractivity contribution >= 4 is 11.7 Å². The standard InChI is InChI=1S/C9H16N4O/c1-6-7(2)12-13-9(6)11-8(14)4-3-5-10/h3-5,10H2,1-2H3,(H2,11,12,13,14). The predicted octanol–water partition coefficient (Wildman–Crippen LogP) is 0.704. The molecule has 0 radical (unpaired) electrons. The van der Waals surface area contributed by atoms with Crippen LogP contribution < -0.4 is 11.1 Å². The Labute approximate surface area is 83.1 Å². The summed E-state index contributed by atoms with van der Waals surface area (Å²) in [6.45, 7) is 4.36. The molecule has 1 aromatic heterocycles. The van der Waals surface area contributed by atoms with Crippen LogP contribution in [-0.2, 0) is 4.79 Å². The summed E-state index contributed by atoms with van der Waals surface area (Å²) in [5.74, 6) is 0.578. The monoisotopic (exact) mass is 196 g/mol. The van der Waals surface area contributed by atoms with Gasteiger partial charge in [-0.2, -0.15) is 5.10 Å². The lowest BCUT2D eigenvalue weighted by Gasteiger charge is -2.01. The zero-order valence-corrected chi connectivity index (χ0v) is 8.55. The van der Waals surface area contributed by atoms with Crippen LogP contribution in [0.3, 0.4) is 0 Å². The number of anilines is 1. The Hall–Kier alpha value is -1.36. The van der Waals surface area contributed by atoms with Gasteiger partial charge in [-0.25, -0.2) is 0 Å². The molecule has 0 saturated heterocycles. The largest absolute Gasteiger partial charge is 0.330 e. The second kappa shape index (κ2) is 4.76. The van der Waals surface area contributed by atoms with Crippen molar-refractivity contribution in [2.24, 2.45) is 5.73 Å². The smallest absolute Gasteiger partial charge is 0.225 e. The van der Waals surface area contributed by atoms with Crippen LogP contribution >= 0.6 is 0 Å². The fraction of sp³-hybridized carbons (Fsp3) is 0.556. The van der Waals surface area contributed by atoms with Gasteiger partial charge >= 0.3 is 0 Å². The molecule has 0 bridgehead atoms. The summed E-state index contributed by atoms with van der Waals surface area (Å²) in [7, 11) is 0. The Kier molecular flexibility index (Phi) is 3.64. The van der Waals surface area contributed by atoms with Crippen molar-refractivity contribution in [1.82, 2.24) is 10.2 Å². The van der Waals surface area contributed by atoms with Gasteiger partial charge < -0.3 is 11.1 Å². The maximum Gasteiger partial charge on any atom is 0.225 e. The van der Waals surface area contributed by atoms with Crippen molar-refractivity contribution in [3.8, 4) is 0 Å². The Morgan fingerprint density at radius 2 is 2.29 bits per heavy atom. The van der Waals surface area contributed by atoms with E-state index in [9.17, 15) is 4.79 Å². The summed E-state index contributed by atoms with van der Waals surface area (Å²) in [5.41, 5.74) is 7.25. The number of nitrogens with two attached hydrogens (primary N) is 1.